The van der Waals surface area contributed by atoms with E-state index in [1.165, 1.54) is 231 Å². The first-order valence-corrected chi connectivity index (χ1v) is 28.5. The van der Waals surface area contributed by atoms with E-state index in [1.54, 1.807) is 0 Å². The lowest BCUT2D eigenvalue weighted by molar-refractivity contribution is -0.167. The first kappa shape index (κ1) is 61.4. The molecule has 0 aliphatic heterocycles. The van der Waals surface area contributed by atoms with E-state index in [0.29, 0.717) is 19.3 Å². The number of ether oxygens (including phenoxy) is 3. The Hall–Kier alpha value is -1.59. The molecule has 0 N–H and O–H groups in total. The molecule has 374 valence electrons. The number of carbonyl (C=O) groups is 3. The SMILES string of the molecule is CCCCCCCCCCCCCCCCCCCCCCCCCC(=O)OCC(COC(=O)CCCCCCCC)OC(=O)CCCCCCCCCCCCCCCCCC. The highest BCUT2D eigenvalue weighted by Gasteiger charge is 2.19. The third kappa shape index (κ3) is 51.3. The summed E-state index contributed by atoms with van der Waals surface area (Å²) >= 11 is 0. The molecule has 0 aliphatic carbocycles. The quantitative estimate of drug-likeness (QED) is 0.0344. The number of esters is 3. The van der Waals surface area contributed by atoms with Crippen LogP contribution in [0.3, 0.4) is 0 Å². The molecule has 0 bridgehead atoms. The van der Waals surface area contributed by atoms with Crippen LogP contribution >= 0.6 is 0 Å². The fraction of sp³-hybridized carbons (Fsp3) is 0.947. The van der Waals surface area contributed by atoms with Gasteiger partial charge in [-0.05, 0) is 19.3 Å². The van der Waals surface area contributed by atoms with E-state index < -0.39 is 6.10 Å². The van der Waals surface area contributed by atoms with Gasteiger partial charge in [0.05, 0.1) is 0 Å². The molecule has 0 saturated carbocycles. The van der Waals surface area contributed by atoms with Gasteiger partial charge in [-0.15, -0.1) is 0 Å². The molecule has 0 spiro atoms. The van der Waals surface area contributed by atoms with Gasteiger partial charge in [0.25, 0.3) is 0 Å². The molecule has 6 nitrogen and oxygen atoms in total. The zero-order chi connectivity index (χ0) is 45.8. The van der Waals surface area contributed by atoms with Crippen LogP contribution in [0.2, 0.25) is 0 Å². The van der Waals surface area contributed by atoms with Crippen LogP contribution in [-0.4, -0.2) is 37.2 Å². The third-order valence-corrected chi connectivity index (χ3v) is 13.1. The Morgan fingerprint density at radius 2 is 0.429 bits per heavy atom. The molecule has 0 radical (unpaired) electrons. The Balaban J connectivity index is 4.05. The maximum atomic E-state index is 12.8. The fourth-order valence-corrected chi connectivity index (χ4v) is 8.80. The second kappa shape index (κ2) is 53.0. The van der Waals surface area contributed by atoms with Gasteiger partial charge in [0.1, 0.15) is 13.2 Å². The van der Waals surface area contributed by atoms with Gasteiger partial charge in [0.2, 0.25) is 0 Å². The van der Waals surface area contributed by atoms with Gasteiger partial charge < -0.3 is 14.2 Å². The lowest BCUT2D eigenvalue weighted by atomic mass is 10.0. The van der Waals surface area contributed by atoms with Crippen LogP contribution in [0.1, 0.15) is 329 Å². The van der Waals surface area contributed by atoms with Gasteiger partial charge in [-0.3, -0.25) is 14.4 Å². The molecule has 0 saturated heterocycles. The number of hydrogen-bond acceptors (Lipinski definition) is 6. The van der Waals surface area contributed by atoms with Crippen molar-refractivity contribution in [3.8, 4) is 0 Å². The summed E-state index contributed by atoms with van der Waals surface area (Å²) in [6.45, 7) is 6.64. The van der Waals surface area contributed by atoms with Crippen LogP contribution in [-0.2, 0) is 28.6 Å². The Kier molecular flexibility index (Phi) is 51.7. The third-order valence-electron chi connectivity index (χ3n) is 13.1. The van der Waals surface area contributed by atoms with Crippen LogP contribution in [0.15, 0.2) is 0 Å². The van der Waals surface area contributed by atoms with Crippen LogP contribution in [0.5, 0.6) is 0 Å². The Morgan fingerprint density at radius 3 is 0.635 bits per heavy atom. The van der Waals surface area contributed by atoms with Gasteiger partial charge in [-0.25, -0.2) is 0 Å². The molecule has 0 aliphatic rings. The number of unbranched alkanes of at least 4 members (excludes halogenated alkanes) is 42. The van der Waals surface area contributed by atoms with E-state index in [9.17, 15) is 14.4 Å². The Bertz CT molecular complexity index is 936. The summed E-state index contributed by atoms with van der Waals surface area (Å²) in [5.41, 5.74) is 0. The van der Waals surface area contributed by atoms with Crippen LogP contribution in [0.25, 0.3) is 0 Å². The molecule has 6 heteroatoms. The van der Waals surface area contributed by atoms with Gasteiger partial charge in [0, 0.05) is 19.3 Å². The average molecular weight is 892 g/mol. The summed E-state index contributed by atoms with van der Waals surface area (Å²) < 4.78 is 16.8. The van der Waals surface area contributed by atoms with Crippen molar-refractivity contribution in [2.45, 2.75) is 335 Å². The van der Waals surface area contributed by atoms with Gasteiger partial charge >= 0.3 is 17.9 Å². The number of carbonyl (C=O) groups excluding carboxylic acids is 3. The van der Waals surface area contributed by atoms with E-state index in [-0.39, 0.29) is 31.1 Å². The lowest BCUT2D eigenvalue weighted by Crippen LogP contribution is -2.30. The van der Waals surface area contributed by atoms with Crippen molar-refractivity contribution in [2.24, 2.45) is 0 Å². The second-order valence-corrected chi connectivity index (χ2v) is 19.6. The first-order chi connectivity index (χ1) is 31.0. The van der Waals surface area contributed by atoms with E-state index >= 15 is 0 Å². The van der Waals surface area contributed by atoms with Crippen molar-refractivity contribution in [1.29, 1.82) is 0 Å². The molecule has 1 atom stereocenters. The molecule has 0 aromatic carbocycles. The molecule has 0 aromatic rings. The van der Waals surface area contributed by atoms with Crippen LogP contribution in [0, 0.1) is 0 Å². The summed E-state index contributed by atoms with van der Waals surface area (Å²) in [6, 6.07) is 0. The summed E-state index contributed by atoms with van der Waals surface area (Å²) in [7, 11) is 0. The van der Waals surface area contributed by atoms with Crippen molar-refractivity contribution in [3.63, 3.8) is 0 Å². The van der Waals surface area contributed by atoms with Crippen LogP contribution in [0.4, 0.5) is 0 Å². The predicted molar refractivity (Wildman–Crippen MR) is 270 cm³/mol. The van der Waals surface area contributed by atoms with Gasteiger partial charge in [-0.2, -0.15) is 0 Å². The maximum Gasteiger partial charge on any atom is 0.306 e. The highest BCUT2D eigenvalue weighted by atomic mass is 16.6. The van der Waals surface area contributed by atoms with E-state index in [0.717, 1.165) is 57.8 Å². The Morgan fingerprint density at radius 1 is 0.254 bits per heavy atom. The molecule has 0 aromatic heterocycles. The van der Waals surface area contributed by atoms with Crippen molar-refractivity contribution in [3.05, 3.63) is 0 Å². The average Bonchev–Trinajstić information content (AvgIpc) is 3.28. The summed E-state index contributed by atoms with van der Waals surface area (Å²) in [6.07, 6.45) is 58.5. The standard InChI is InChI=1S/C57H110O6/c1-4-7-10-13-16-18-20-22-24-26-27-28-29-30-31-32-34-35-37-39-41-44-47-50-56(59)62-53-54(52-61-55(58)49-46-43-15-12-9-6-3)63-57(60)51-48-45-42-40-38-36-33-25-23-21-19-17-14-11-8-5-2/h54H,4-53H2,1-3H3. The molecular formula is C57H110O6. The minimum Gasteiger partial charge on any atom is -0.462 e. The normalized spacial score (nSPS) is 11.9. The first-order valence-electron chi connectivity index (χ1n) is 28.5. The van der Waals surface area contributed by atoms with Crippen molar-refractivity contribution >= 4 is 17.9 Å². The topological polar surface area (TPSA) is 78.9 Å². The van der Waals surface area contributed by atoms with Crippen molar-refractivity contribution < 1.29 is 28.6 Å². The van der Waals surface area contributed by atoms with E-state index in [1.807, 2.05) is 0 Å². The zero-order valence-corrected chi connectivity index (χ0v) is 42.9. The minimum atomic E-state index is -0.759. The van der Waals surface area contributed by atoms with Gasteiger partial charge in [0.15, 0.2) is 6.10 Å². The maximum absolute atomic E-state index is 12.8. The summed E-state index contributed by atoms with van der Waals surface area (Å²) in [5, 5.41) is 0. The highest BCUT2D eigenvalue weighted by molar-refractivity contribution is 5.71. The lowest BCUT2D eigenvalue weighted by Gasteiger charge is -2.18. The fourth-order valence-electron chi connectivity index (χ4n) is 8.80. The molecule has 0 fully saturated rings. The molecule has 0 amide bonds. The predicted octanol–water partition coefficient (Wildman–Crippen LogP) is 18.8. The van der Waals surface area contributed by atoms with Crippen molar-refractivity contribution in [2.75, 3.05) is 13.2 Å². The van der Waals surface area contributed by atoms with Crippen molar-refractivity contribution in [1.82, 2.24) is 0 Å². The Labute approximate surface area is 393 Å². The smallest absolute Gasteiger partial charge is 0.306 e. The molecular weight excluding hydrogens is 781 g/mol. The minimum absolute atomic E-state index is 0.0623. The number of hydrogen-bond donors (Lipinski definition) is 0. The summed E-state index contributed by atoms with van der Waals surface area (Å²) in [5.74, 6) is -0.848. The largest absolute Gasteiger partial charge is 0.462 e. The monoisotopic (exact) mass is 891 g/mol. The molecule has 1 unspecified atom stereocenters. The number of rotatable bonds is 53. The molecule has 63 heavy (non-hydrogen) atoms. The van der Waals surface area contributed by atoms with E-state index in [4.69, 9.17) is 14.2 Å². The molecule has 0 heterocycles. The summed E-state index contributed by atoms with van der Waals surface area (Å²) in [4.78, 5) is 37.8. The zero-order valence-electron chi connectivity index (χ0n) is 42.9. The van der Waals surface area contributed by atoms with E-state index in [2.05, 4.69) is 20.8 Å². The van der Waals surface area contributed by atoms with Gasteiger partial charge in [-0.1, -0.05) is 290 Å². The van der Waals surface area contributed by atoms with Crippen LogP contribution < -0.4 is 0 Å². The highest BCUT2D eigenvalue weighted by Crippen LogP contribution is 2.18. The molecule has 0 rings (SSSR count). The second-order valence-electron chi connectivity index (χ2n) is 19.6.